The Morgan fingerprint density at radius 2 is 2.24 bits per heavy atom. The van der Waals surface area contributed by atoms with Gasteiger partial charge < -0.3 is 9.47 Å². The van der Waals surface area contributed by atoms with Gasteiger partial charge >= 0.3 is 8.03 Å². The number of hydrogen-bond acceptors (Lipinski definition) is 5. The molecule has 1 aliphatic heterocycles. The number of methoxy groups -OCH3 is 1. The van der Waals surface area contributed by atoms with Crippen LogP contribution in [0, 0.1) is 5.92 Å². The molecule has 25 heavy (non-hydrogen) atoms. The Bertz CT molecular complexity index is 771. The molecule has 5 nitrogen and oxygen atoms in total. The number of benzene rings is 1. The lowest BCUT2D eigenvalue weighted by atomic mass is 9.57. The Morgan fingerprint density at radius 3 is 3.00 bits per heavy atom. The van der Waals surface area contributed by atoms with Crippen LogP contribution in [0.15, 0.2) is 18.2 Å². The second-order valence-electron chi connectivity index (χ2n) is 6.79. The predicted octanol–water partition coefficient (Wildman–Crippen LogP) is 3.87. The molecule has 4 atom stereocenters. The third-order valence-electron chi connectivity index (χ3n) is 5.69. The number of rotatable bonds is 6. The highest BCUT2D eigenvalue weighted by molar-refractivity contribution is 7.39. The SMILES string of the molecule is CCO[P+](=O)CCC12c3c4ccc(OC)c3OC1C(=O)CCC2C=C4. The second-order valence-corrected chi connectivity index (χ2v) is 8.17. The first-order chi connectivity index (χ1) is 12.1. The molecule has 132 valence electrons. The summed E-state index contributed by atoms with van der Waals surface area (Å²) in [7, 11) is -0.115. The van der Waals surface area contributed by atoms with E-state index in [4.69, 9.17) is 14.0 Å². The van der Waals surface area contributed by atoms with E-state index < -0.39 is 19.5 Å². The van der Waals surface area contributed by atoms with E-state index >= 15 is 0 Å². The van der Waals surface area contributed by atoms with Gasteiger partial charge in [-0.1, -0.05) is 18.2 Å². The zero-order chi connectivity index (χ0) is 17.6. The molecule has 1 heterocycles. The van der Waals surface area contributed by atoms with Crippen LogP contribution < -0.4 is 9.47 Å². The van der Waals surface area contributed by atoms with Crippen LogP contribution in [-0.2, 0) is 19.3 Å². The van der Waals surface area contributed by atoms with Gasteiger partial charge in [0.25, 0.3) is 0 Å². The molecular formula is C19H22O5P+. The molecule has 1 aromatic carbocycles. The lowest BCUT2D eigenvalue weighted by Gasteiger charge is -2.44. The summed E-state index contributed by atoms with van der Waals surface area (Å²) in [5.41, 5.74) is 1.67. The van der Waals surface area contributed by atoms with Gasteiger partial charge in [0.05, 0.1) is 19.1 Å². The summed E-state index contributed by atoms with van der Waals surface area (Å²) in [4.78, 5) is 12.7. The van der Waals surface area contributed by atoms with Crippen LogP contribution in [0.3, 0.4) is 0 Å². The van der Waals surface area contributed by atoms with Gasteiger partial charge in [0, 0.05) is 18.4 Å². The molecule has 4 rings (SSSR count). The van der Waals surface area contributed by atoms with Crippen LogP contribution in [0.4, 0.5) is 0 Å². The molecule has 0 aromatic heterocycles. The Morgan fingerprint density at radius 1 is 1.40 bits per heavy atom. The van der Waals surface area contributed by atoms with Gasteiger partial charge in [0.2, 0.25) is 0 Å². The van der Waals surface area contributed by atoms with E-state index in [1.807, 2.05) is 19.1 Å². The lowest BCUT2D eigenvalue weighted by Crippen LogP contribution is -2.53. The first kappa shape index (κ1) is 16.7. The fraction of sp³-hybridized carbons (Fsp3) is 0.526. The normalized spacial score (nSPS) is 29.2. The first-order valence-corrected chi connectivity index (χ1v) is 10.1. The molecule has 1 fully saturated rings. The second kappa shape index (κ2) is 6.22. The zero-order valence-electron chi connectivity index (χ0n) is 14.5. The van der Waals surface area contributed by atoms with Gasteiger partial charge in [-0.05, 0) is 35.5 Å². The first-order valence-electron chi connectivity index (χ1n) is 8.78. The number of Topliss-reactive ketones (excluding diaryl/α,β-unsaturated/α-hetero) is 1. The van der Waals surface area contributed by atoms with Crippen LogP contribution in [0.25, 0.3) is 6.08 Å². The lowest BCUT2D eigenvalue weighted by molar-refractivity contribution is -0.132. The van der Waals surface area contributed by atoms with E-state index in [0.717, 1.165) is 17.5 Å². The number of hydrogen-bond donors (Lipinski definition) is 0. The highest BCUT2D eigenvalue weighted by Crippen LogP contribution is 2.60. The maximum atomic E-state index is 12.7. The van der Waals surface area contributed by atoms with E-state index in [0.29, 0.717) is 37.1 Å². The van der Waals surface area contributed by atoms with Crippen LogP contribution in [-0.4, -0.2) is 31.8 Å². The minimum Gasteiger partial charge on any atom is -0.493 e. The van der Waals surface area contributed by atoms with Crippen LogP contribution in [0.1, 0.15) is 37.3 Å². The summed E-state index contributed by atoms with van der Waals surface area (Å²) < 4.78 is 29.1. The number of ketones is 1. The van der Waals surface area contributed by atoms with Crippen LogP contribution in [0.5, 0.6) is 11.5 Å². The molecule has 0 amide bonds. The summed E-state index contributed by atoms with van der Waals surface area (Å²) in [6.45, 7) is 2.27. The highest BCUT2D eigenvalue weighted by Gasteiger charge is 2.61. The molecule has 1 aromatic rings. The molecule has 1 saturated carbocycles. The van der Waals surface area contributed by atoms with Crippen molar-refractivity contribution in [2.75, 3.05) is 19.9 Å². The Hall–Kier alpha value is -1.71. The summed E-state index contributed by atoms with van der Waals surface area (Å²) in [6.07, 6.45) is 6.15. The third-order valence-corrected chi connectivity index (χ3v) is 6.82. The van der Waals surface area contributed by atoms with E-state index in [2.05, 4.69) is 12.2 Å². The summed E-state index contributed by atoms with van der Waals surface area (Å²) >= 11 is 0. The molecule has 0 N–H and O–H groups in total. The smallest absolute Gasteiger partial charge is 0.493 e. The van der Waals surface area contributed by atoms with Crippen molar-refractivity contribution in [3.8, 4) is 11.5 Å². The number of allylic oxidation sites excluding steroid dienone is 1. The Kier molecular flexibility index (Phi) is 4.17. The van der Waals surface area contributed by atoms with E-state index in [1.165, 1.54) is 0 Å². The van der Waals surface area contributed by atoms with Crippen molar-refractivity contribution in [1.29, 1.82) is 0 Å². The van der Waals surface area contributed by atoms with E-state index in [1.54, 1.807) is 7.11 Å². The minimum atomic E-state index is -1.73. The molecule has 6 heteroatoms. The van der Waals surface area contributed by atoms with Crippen molar-refractivity contribution in [3.05, 3.63) is 29.3 Å². The average Bonchev–Trinajstić information content (AvgIpc) is 2.98. The standard InChI is InChI=1S/C19H22O5P/c1-3-23-25(21)11-10-19-13-6-4-12-5-9-15(22-2)17(16(12)19)24-18(19)14(20)8-7-13/h4-6,9,13,18H,3,7-8,10-11H2,1-2H3/q+1. The number of carbonyl (C=O) groups excluding carboxylic acids is 1. The van der Waals surface area contributed by atoms with Crippen LogP contribution in [0.2, 0.25) is 0 Å². The van der Waals surface area contributed by atoms with Crippen molar-refractivity contribution in [3.63, 3.8) is 0 Å². The molecular weight excluding hydrogens is 339 g/mol. The highest BCUT2D eigenvalue weighted by atomic mass is 31.1. The van der Waals surface area contributed by atoms with Crippen molar-refractivity contribution >= 4 is 19.9 Å². The molecule has 0 spiro atoms. The Labute approximate surface area is 148 Å². The summed E-state index contributed by atoms with van der Waals surface area (Å²) in [5, 5.41) is 0. The molecule has 0 saturated heterocycles. The topological polar surface area (TPSA) is 61.8 Å². The van der Waals surface area contributed by atoms with Gasteiger partial charge in [0.15, 0.2) is 29.5 Å². The third kappa shape index (κ3) is 2.37. The van der Waals surface area contributed by atoms with Gasteiger partial charge in [0.1, 0.15) is 0 Å². The van der Waals surface area contributed by atoms with E-state index in [-0.39, 0.29) is 11.7 Å². The van der Waals surface area contributed by atoms with Crippen molar-refractivity contribution in [1.82, 2.24) is 0 Å². The fourth-order valence-electron chi connectivity index (χ4n) is 4.66. The predicted molar refractivity (Wildman–Crippen MR) is 94.6 cm³/mol. The number of carbonyl (C=O) groups is 1. The van der Waals surface area contributed by atoms with Crippen LogP contribution >= 0.6 is 8.03 Å². The molecule has 3 aliphatic rings. The fourth-order valence-corrected chi connectivity index (χ4v) is 5.63. The molecule has 0 radical (unpaired) electrons. The van der Waals surface area contributed by atoms with Crippen molar-refractivity contribution in [2.24, 2.45) is 5.92 Å². The van der Waals surface area contributed by atoms with Crippen molar-refractivity contribution in [2.45, 2.75) is 37.7 Å². The minimum absolute atomic E-state index is 0.127. The average molecular weight is 361 g/mol. The molecule has 4 unspecified atom stereocenters. The monoisotopic (exact) mass is 361 g/mol. The number of ether oxygens (including phenoxy) is 2. The van der Waals surface area contributed by atoms with Gasteiger partial charge in [-0.25, -0.2) is 0 Å². The van der Waals surface area contributed by atoms with Gasteiger partial charge in [-0.2, -0.15) is 0 Å². The van der Waals surface area contributed by atoms with Crippen molar-refractivity contribution < 1.29 is 23.4 Å². The summed E-state index contributed by atoms with van der Waals surface area (Å²) in [5.74, 6) is 1.67. The van der Waals surface area contributed by atoms with Gasteiger partial charge in [-0.3, -0.25) is 4.79 Å². The summed E-state index contributed by atoms with van der Waals surface area (Å²) in [6, 6.07) is 3.90. The maximum absolute atomic E-state index is 12.7. The van der Waals surface area contributed by atoms with E-state index in [9.17, 15) is 9.36 Å². The maximum Gasteiger partial charge on any atom is 0.508 e. The molecule has 0 bridgehead atoms. The zero-order valence-corrected chi connectivity index (χ0v) is 15.4. The quantitative estimate of drug-likeness (QED) is 0.720. The van der Waals surface area contributed by atoms with Gasteiger partial charge in [-0.15, -0.1) is 4.52 Å². The molecule has 2 aliphatic carbocycles. The largest absolute Gasteiger partial charge is 0.508 e. The Balaban J connectivity index is 1.83.